The molecule has 2 unspecified atom stereocenters. The predicted molar refractivity (Wildman–Crippen MR) is 58.0 cm³/mol. The summed E-state index contributed by atoms with van der Waals surface area (Å²) in [6.07, 6.45) is -0.581. The van der Waals surface area contributed by atoms with Gasteiger partial charge in [-0.1, -0.05) is 6.92 Å². The average molecular weight is 201 g/mol. The van der Waals surface area contributed by atoms with Gasteiger partial charge in [0.05, 0.1) is 12.0 Å². The minimum atomic E-state index is -0.581. The minimum Gasteiger partial charge on any atom is -0.393 e. The Morgan fingerprint density at radius 2 is 1.36 bits per heavy atom. The first-order valence-electron chi connectivity index (χ1n) is 5.29. The lowest BCUT2D eigenvalue weighted by molar-refractivity contribution is -0.141. The van der Waals surface area contributed by atoms with Gasteiger partial charge in [0.15, 0.2) is 0 Å². The lowest BCUT2D eigenvalue weighted by atomic mass is 10.0. The van der Waals surface area contributed by atoms with Crippen LogP contribution in [0.2, 0.25) is 0 Å². The van der Waals surface area contributed by atoms with Gasteiger partial charge in [0.1, 0.15) is 0 Å². The van der Waals surface area contributed by atoms with Crippen LogP contribution in [0.15, 0.2) is 0 Å². The molecule has 1 N–H and O–H groups in total. The lowest BCUT2D eigenvalue weighted by Gasteiger charge is -2.33. The van der Waals surface area contributed by atoms with Crippen molar-refractivity contribution in [2.75, 3.05) is 0 Å². The second kappa shape index (κ2) is 5.35. The number of nitrogens with zero attached hydrogens (tertiary/aromatic N) is 1. The maximum Gasteiger partial charge on any atom is 0.228 e. The Labute approximate surface area is 87.1 Å². The molecule has 1 amide bonds. The third-order valence-electron chi connectivity index (χ3n) is 2.48. The zero-order chi connectivity index (χ0) is 11.5. The summed E-state index contributed by atoms with van der Waals surface area (Å²) in [5.41, 5.74) is 0. The number of amides is 1. The highest BCUT2D eigenvalue weighted by Crippen LogP contribution is 2.13. The molecule has 0 aromatic rings. The fourth-order valence-electron chi connectivity index (χ4n) is 1.55. The van der Waals surface area contributed by atoms with E-state index in [0.29, 0.717) is 0 Å². The highest BCUT2D eigenvalue weighted by molar-refractivity contribution is 5.79. The van der Waals surface area contributed by atoms with Gasteiger partial charge < -0.3 is 10.0 Å². The zero-order valence-corrected chi connectivity index (χ0v) is 10.1. The molecule has 3 heteroatoms. The van der Waals surface area contributed by atoms with E-state index in [1.807, 2.05) is 32.6 Å². The predicted octanol–water partition coefficient (Wildman–Crippen LogP) is 1.65. The molecule has 0 saturated heterocycles. The number of carbonyl (C=O) groups excluding carboxylic acids is 1. The van der Waals surface area contributed by atoms with Gasteiger partial charge >= 0.3 is 0 Å². The first kappa shape index (κ1) is 13.4. The first-order valence-corrected chi connectivity index (χ1v) is 5.29. The molecule has 0 aliphatic heterocycles. The van der Waals surface area contributed by atoms with Crippen molar-refractivity contribution in [3.05, 3.63) is 0 Å². The number of hydrogen-bond acceptors (Lipinski definition) is 2. The van der Waals surface area contributed by atoms with Gasteiger partial charge in [-0.3, -0.25) is 4.79 Å². The number of hydrogen-bond donors (Lipinski definition) is 1. The Kier molecular flexibility index (Phi) is 5.13. The standard InChI is InChI=1S/C11H23NO2/c1-7(2)12(8(3)4)11(14)9(5)10(6)13/h7-10,13H,1-6H3. The molecule has 3 nitrogen and oxygen atoms in total. The van der Waals surface area contributed by atoms with Gasteiger partial charge in [0, 0.05) is 12.1 Å². The quantitative estimate of drug-likeness (QED) is 0.751. The van der Waals surface area contributed by atoms with Crippen LogP contribution in [0.5, 0.6) is 0 Å². The molecule has 0 rings (SSSR count). The summed E-state index contributed by atoms with van der Waals surface area (Å²) in [7, 11) is 0. The number of aliphatic hydroxyl groups is 1. The Balaban J connectivity index is 4.60. The molecule has 0 bridgehead atoms. The molecule has 0 saturated carbocycles. The van der Waals surface area contributed by atoms with Crippen molar-refractivity contribution in [2.45, 2.75) is 59.7 Å². The maximum atomic E-state index is 11.9. The smallest absolute Gasteiger partial charge is 0.228 e. The molecule has 0 aliphatic rings. The number of carbonyl (C=O) groups is 1. The second-order valence-corrected chi connectivity index (χ2v) is 4.46. The monoisotopic (exact) mass is 201 g/mol. The van der Waals surface area contributed by atoms with Crippen LogP contribution in [-0.2, 0) is 4.79 Å². The Bertz CT molecular complexity index is 180. The van der Waals surface area contributed by atoms with Crippen molar-refractivity contribution < 1.29 is 9.90 Å². The number of aliphatic hydroxyl groups excluding tert-OH is 1. The average Bonchev–Trinajstić information content (AvgIpc) is 2.01. The van der Waals surface area contributed by atoms with E-state index in [1.54, 1.807) is 13.8 Å². The molecule has 0 heterocycles. The van der Waals surface area contributed by atoms with Crippen LogP contribution in [0, 0.1) is 5.92 Å². The molecular weight excluding hydrogens is 178 g/mol. The highest BCUT2D eigenvalue weighted by atomic mass is 16.3. The van der Waals surface area contributed by atoms with E-state index in [1.165, 1.54) is 0 Å². The van der Waals surface area contributed by atoms with Crippen LogP contribution in [0.25, 0.3) is 0 Å². The second-order valence-electron chi connectivity index (χ2n) is 4.46. The molecule has 84 valence electrons. The van der Waals surface area contributed by atoms with Crippen molar-refractivity contribution in [1.29, 1.82) is 0 Å². The Morgan fingerprint density at radius 1 is 1.00 bits per heavy atom. The molecule has 14 heavy (non-hydrogen) atoms. The lowest BCUT2D eigenvalue weighted by Crippen LogP contribution is -2.46. The minimum absolute atomic E-state index is 0.0324. The van der Waals surface area contributed by atoms with Crippen molar-refractivity contribution >= 4 is 5.91 Å². The van der Waals surface area contributed by atoms with Gasteiger partial charge in [-0.15, -0.1) is 0 Å². The van der Waals surface area contributed by atoms with Crippen molar-refractivity contribution in [3.8, 4) is 0 Å². The van der Waals surface area contributed by atoms with Crippen LogP contribution in [0.3, 0.4) is 0 Å². The van der Waals surface area contributed by atoms with Gasteiger partial charge in [0.2, 0.25) is 5.91 Å². The molecule has 0 aromatic heterocycles. The van der Waals surface area contributed by atoms with Crippen molar-refractivity contribution in [3.63, 3.8) is 0 Å². The Morgan fingerprint density at radius 3 is 1.57 bits per heavy atom. The van der Waals surface area contributed by atoms with E-state index in [9.17, 15) is 9.90 Å². The fourth-order valence-corrected chi connectivity index (χ4v) is 1.55. The molecule has 2 atom stereocenters. The first-order chi connectivity index (χ1) is 6.29. The third kappa shape index (κ3) is 3.29. The van der Waals surface area contributed by atoms with E-state index < -0.39 is 6.10 Å². The SMILES string of the molecule is CC(O)C(C)C(=O)N(C(C)C)C(C)C. The van der Waals surface area contributed by atoms with Gasteiger partial charge in [-0.2, -0.15) is 0 Å². The maximum absolute atomic E-state index is 11.9. The fraction of sp³-hybridized carbons (Fsp3) is 0.909. The van der Waals surface area contributed by atoms with E-state index in [2.05, 4.69) is 0 Å². The third-order valence-corrected chi connectivity index (χ3v) is 2.48. The topological polar surface area (TPSA) is 40.5 Å². The molecule has 0 fully saturated rings. The van der Waals surface area contributed by atoms with Crippen LogP contribution in [0.1, 0.15) is 41.5 Å². The van der Waals surface area contributed by atoms with Crippen molar-refractivity contribution in [2.24, 2.45) is 5.92 Å². The Hall–Kier alpha value is -0.570. The summed E-state index contributed by atoms with van der Waals surface area (Å²) in [6.45, 7) is 11.4. The van der Waals surface area contributed by atoms with Crippen LogP contribution in [0.4, 0.5) is 0 Å². The van der Waals surface area contributed by atoms with E-state index in [4.69, 9.17) is 0 Å². The largest absolute Gasteiger partial charge is 0.393 e. The molecule has 0 aliphatic carbocycles. The molecule has 0 radical (unpaired) electrons. The normalized spacial score (nSPS) is 15.8. The number of rotatable bonds is 4. The summed E-state index contributed by atoms with van der Waals surface area (Å²) in [5.74, 6) is -0.287. The summed E-state index contributed by atoms with van der Waals surface area (Å²) in [4.78, 5) is 13.8. The summed E-state index contributed by atoms with van der Waals surface area (Å²) < 4.78 is 0. The molecule has 0 spiro atoms. The van der Waals surface area contributed by atoms with E-state index in [0.717, 1.165) is 0 Å². The summed E-state index contributed by atoms with van der Waals surface area (Å²) in [6, 6.07) is 0.368. The summed E-state index contributed by atoms with van der Waals surface area (Å²) in [5, 5.41) is 9.36. The summed E-state index contributed by atoms with van der Waals surface area (Å²) >= 11 is 0. The molecular formula is C11H23NO2. The van der Waals surface area contributed by atoms with Gasteiger partial charge in [-0.25, -0.2) is 0 Å². The van der Waals surface area contributed by atoms with Gasteiger partial charge in [0.25, 0.3) is 0 Å². The van der Waals surface area contributed by atoms with Crippen LogP contribution < -0.4 is 0 Å². The molecule has 0 aromatic carbocycles. The van der Waals surface area contributed by atoms with Gasteiger partial charge in [-0.05, 0) is 34.6 Å². The highest BCUT2D eigenvalue weighted by Gasteiger charge is 2.27. The van der Waals surface area contributed by atoms with E-state index in [-0.39, 0.29) is 23.9 Å². The van der Waals surface area contributed by atoms with Crippen molar-refractivity contribution in [1.82, 2.24) is 4.90 Å². The van der Waals surface area contributed by atoms with Crippen LogP contribution >= 0.6 is 0 Å². The zero-order valence-electron chi connectivity index (χ0n) is 10.1. The van der Waals surface area contributed by atoms with E-state index >= 15 is 0 Å². The van der Waals surface area contributed by atoms with Crippen LogP contribution in [-0.4, -0.2) is 34.1 Å².